The fourth-order valence-corrected chi connectivity index (χ4v) is 2.94. The molecule has 140 valence electrons. The van der Waals surface area contributed by atoms with Crippen molar-refractivity contribution in [3.63, 3.8) is 0 Å². The van der Waals surface area contributed by atoms with Crippen molar-refractivity contribution in [1.82, 2.24) is 0 Å². The van der Waals surface area contributed by atoms with E-state index in [1.165, 1.54) is 6.07 Å². The highest BCUT2D eigenvalue weighted by molar-refractivity contribution is 6.63. The standard InChI is InChI=1S/C20H24O6/c1-12-9-10-17(23)19(24)16(22)8-4-6-14-5-3-7-15(21)18(14)20(25)26-11-13(12)2/h3,5,7,12-13,21H,4,6,8-11H2,1-2H3/t12-,13+/m1/s1. The van der Waals surface area contributed by atoms with Gasteiger partial charge in [-0.1, -0.05) is 26.0 Å². The SMILES string of the molecule is C[C@@H]1CCC(=O)C(=O)C(=O)CCCc2cccc(O)c2C(=O)OC[C@@H]1C. The second-order valence-electron chi connectivity index (χ2n) is 6.93. The highest BCUT2D eigenvalue weighted by atomic mass is 16.5. The summed E-state index contributed by atoms with van der Waals surface area (Å²) >= 11 is 0. The molecule has 1 aliphatic heterocycles. The van der Waals surface area contributed by atoms with Crippen LogP contribution in [-0.2, 0) is 25.5 Å². The normalized spacial score (nSPS) is 23.6. The van der Waals surface area contributed by atoms with E-state index in [1.807, 2.05) is 13.8 Å². The maximum Gasteiger partial charge on any atom is 0.342 e. The quantitative estimate of drug-likeness (QED) is 0.564. The van der Waals surface area contributed by atoms with Gasteiger partial charge >= 0.3 is 5.97 Å². The summed E-state index contributed by atoms with van der Waals surface area (Å²) in [6, 6.07) is 4.70. The van der Waals surface area contributed by atoms with Crippen LogP contribution in [0, 0.1) is 11.8 Å². The lowest BCUT2D eigenvalue weighted by Crippen LogP contribution is -2.25. The number of aromatic hydroxyl groups is 1. The molecule has 0 unspecified atom stereocenters. The third-order valence-corrected chi connectivity index (χ3v) is 4.96. The molecule has 0 aromatic heterocycles. The van der Waals surface area contributed by atoms with Crippen LogP contribution in [0.1, 0.15) is 55.5 Å². The van der Waals surface area contributed by atoms with E-state index < -0.39 is 23.3 Å². The minimum atomic E-state index is -0.941. The van der Waals surface area contributed by atoms with E-state index in [0.717, 1.165) is 0 Å². The Labute approximate surface area is 152 Å². The molecule has 0 amide bonds. The molecule has 0 aliphatic carbocycles. The Morgan fingerprint density at radius 1 is 0.962 bits per heavy atom. The minimum absolute atomic E-state index is 0.0189. The molecule has 2 rings (SSSR count). The molecule has 0 bridgehead atoms. The first-order valence-electron chi connectivity index (χ1n) is 8.89. The van der Waals surface area contributed by atoms with Gasteiger partial charge in [-0.25, -0.2) is 4.79 Å². The van der Waals surface area contributed by atoms with Crippen LogP contribution in [0.15, 0.2) is 18.2 Å². The molecule has 0 fully saturated rings. The van der Waals surface area contributed by atoms with E-state index in [1.54, 1.807) is 12.1 Å². The monoisotopic (exact) mass is 360 g/mol. The van der Waals surface area contributed by atoms with Gasteiger partial charge in [0, 0.05) is 12.8 Å². The second-order valence-corrected chi connectivity index (χ2v) is 6.93. The van der Waals surface area contributed by atoms with Gasteiger partial charge in [-0.05, 0) is 42.7 Å². The van der Waals surface area contributed by atoms with Gasteiger partial charge in [0.25, 0.3) is 5.78 Å². The molecule has 0 radical (unpaired) electrons. The Hall–Kier alpha value is -2.50. The van der Waals surface area contributed by atoms with Crippen LogP contribution >= 0.6 is 0 Å². The van der Waals surface area contributed by atoms with Crippen molar-refractivity contribution in [2.75, 3.05) is 6.61 Å². The number of Topliss-reactive ketones (excluding diaryl/α,β-unsaturated/α-hetero) is 3. The van der Waals surface area contributed by atoms with E-state index in [-0.39, 0.29) is 42.6 Å². The predicted molar refractivity (Wildman–Crippen MR) is 93.9 cm³/mol. The first-order valence-corrected chi connectivity index (χ1v) is 8.89. The maximum absolute atomic E-state index is 12.4. The fraction of sp³-hybridized carbons (Fsp3) is 0.500. The Balaban J connectivity index is 2.27. The topological polar surface area (TPSA) is 97.7 Å². The summed E-state index contributed by atoms with van der Waals surface area (Å²) in [6.45, 7) is 3.94. The van der Waals surface area contributed by atoms with Gasteiger partial charge in [0.2, 0.25) is 11.6 Å². The average molecular weight is 360 g/mol. The summed E-state index contributed by atoms with van der Waals surface area (Å²) in [7, 11) is 0. The summed E-state index contributed by atoms with van der Waals surface area (Å²) in [6.07, 6.45) is 1.01. The third-order valence-electron chi connectivity index (χ3n) is 4.96. The first-order chi connectivity index (χ1) is 12.3. The van der Waals surface area contributed by atoms with Crippen LogP contribution in [0.5, 0.6) is 5.75 Å². The molecule has 1 aromatic rings. The van der Waals surface area contributed by atoms with Crippen molar-refractivity contribution in [2.45, 2.75) is 46.0 Å². The number of carbonyl (C=O) groups is 4. The van der Waals surface area contributed by atoms with Crippen molar-refractivity contribution in [3.05, 3.63) is 29.3 Å². The van der Waals surface area contributed by atoms with E-state index in [4.69, 9.17) is 4.74 Å². The Morgan fingerprint density at radius 3 is 2.38 bits per heavy atom. The molecular weight excluding hydrogens is 336 g/mol. The molecule has 6 nitrogen and oxygen atoms in total. The van der Waals surface area contributed by atoms with Crippen molar-refractivity contribution < 1.29 is 29.0 Å². The van der Waals surface area contributed by atoms with Crippen LogP contribution in [0.4, 0.5) is 0 Å². The number of fused-ring (bicyclic) bond motifs is 1. The number of phenols is 1. The molecule has 0 saturated carbocycles. The van der Waals surface area contributed by atoms with Crippen molar-refractivity contribution in [1.29, 1.82) is 0 Å². The fourth-order valence-electron chi connectivity index (χ4n) is 2.94. The molecule has 1 heterocycles. The molecule has 6 heteroatoms. The van der Waals surface area contributed by atoms with Gasteiger partial charge in [0.05, 0.1) is 6.61 Å². The zero-order valence-electron chi connectivity index (χ0n) is 15.1. The number of ether oxygens (including phenoxy) is 1. The van der Waals surface area contributed by atoms with Crippen LogP contribution in [-0.4, -0.2) is 35.0 Å². The Morgan fingerprint density at radius 2 is 1.65 bits per heavy atom. The van der Waals surface area contributed by atoms with Crippen molar-refractivity contribution >= 4 is 23.3 Å². The zero-order chi connectivity index (χ0) is 19.3. The molecular formula is C20H24O6. The minimum Gasteiger partial charge on any atom is -0.507 e. The van der Waals surface area contributed by atoms with Gasteiger partial charge in [-0.15, -0.1) is 0 Å². The predicted octanol–water partition coefficient (Wildman–Crippen LogP) is 2.65. The number of ketones is 3. The van der Waals surface area contributed by atoms with Gasteiger partial charge in [0.1, 0.15) is 11.3 Å². The molecule has 1 N–H and O–H groups in total. The first kappa shape index (κ1) is 19.8. The molecule has 0 saturated heterocycles. The van der Waals surface area contributed by atoms with E-state index in [2.05, 4.69) is 0 Å². The lowest BCUT2D eigenvalue weighted by Gasteiger charge is -2.19. The summed E-state index contributed by atoms with van der Waals surface area (Å²) < 4.78 is 5.36. The molecule has 1 aromatic carbocycles. The van der Waals surface area contributed by atoms with Crippen LogP contribution < -0.4 is 0 Å². The number of rotatable bonds is 0. The lowest BCUT2D eigenvalue weighted by atomic mass is 9.90. The summed E-state index contributed by atoms with van der Waals surface area (Å²) in [5.41, 5.74) is 0.647. The highest BCUT2D eigenvalue weighted by Crippen LogP contribution is 2.25. The Bertz CT molecular complexity index is 721. The Kier molecular flexibility index (Phi) is 6.66. The summed E-state index contributed by atoms with van der Waals surface area (Å²) in [5.74, 6) is -3.07. The molecule has 2 atom stereocenters. The number of esters is 1. The van der Waals surface area contributed by atoms with Crippen molar-refractivity contribution in [2.24, 2.45) is 11.8 Å². The largest absolute Gasteiger partial charge is 0.507 e. The van der Waals surface area contributed by atoms with Gasteiger partial charge < -0.3 is 9.84 Å². The summed E-state index contributed by atoms with van der Waals surface area (Å²) in [5, 5.41) is 10.1. The van der Waals surface area contributed by atoms with Gasteiger partial charge in [0.15, 0.2) is 0 Å². The molecule has 0 spiro atoms. The number of hydrogen-bond donors (Lipinski definition) is 1. The maximum atomic E-state index is 12.4. The second kappa shape index (κ2) is 8.74. The number of hydrogen-bond acceptors (Lipinski definition) is 6. The molecule has 26 heavy (non-hydrogen) atoms. The average Bonchev–Trinajstić information content (AvgIpc) is 2.62. The number of carbonyl (C=O) groups excluding carboxylic acids is 4. The number of aryl methyl sites for hydroxylation is 1. The third kappa shape index (κ3) is 4.77. The van der Waals surface area contributed by atoms with Gasteiger partial charge in [-0.2, -0.15) is 0 Å². The summed E-state index contributed by atoms with van der Waals surface area (Å²) in [4.78, 5) is 48.2. The van der Waals surface area contributed by atoms with E-state index in [0.29, 0.717) is 24.8 Å². The molecule has 1 aliphatic rings. The lowest BCUT2D eigenvalue weighted by molar-refractivity contribution is -0.144. The van der Waals surface area contributed by atoms with Crippen LogP contribution in [0.2, 0.25) is 0 Å². The van der Waals surface area contributed by atoms with E-state index in [9.17, 15) is 24.3 Å². The number of cyclic esters (lactones) is 1. The smallest absolute Gasteiger partial charge is 0.342 e. The number of phenolic OH excluding ortho intramolecular Hbond substituents is 1. The van der Waals surface area contributed by atoms with Crippen LogP contribution in [0.25, 0.3) is 0 Å². The zero-order valence-corrected chi connectivity index (χ0v) is 15.1. The van der Waals surface area contributed by atoms with Crippen molar-refractivity contribution in [3.8, 4) is 5.75 Å². The van der Waals surface area contributed by atoms with Gasteiger partial charge in [-0.3, -0.25) is 14.4 Å². The van der Waals surface area contributed by atoms with Crippen LogP contribution in [0.3, 0.4) is 0 Å². The number of benzene rings is 1. The highest BCUT2D eigenvalue weighted by Gasteiger charge is 2.25. The van der Waals surface area contributed by atoms with E-state index >= 15 is 0 Å².